The molecule has 2 rings (SSSR count). The molecule has 0 aliphatic carbocycles. The number of rotatable bonds is 8. The molecule has 0 radical (unpaired) electrons. The maximum Gasteiger partial charge on any atom is 0.197 e. The van der Waals surface area contributed by atoms with Gasteiger partial charge in [0, 0.05) is 18.8 Å². The van der Waals surface area contributed by atoms with Gasteiger partial charge in [-0.15, -0.1) is 0 Å². The average Bonchev–Trinajstić information content (AvgIpc) is 2.84. The van der Waals surface area contributed by atoms with Crippen LogP contribution in [0.2, 0.25) is 0 Å². The summed E-state index contributed by atoms with van der Waals surface area (Å²) in [5.41, 5.74) is -0.189. The number of anilines is 1. The molecule has 124 valence electrons. The van der Waals surface area contributed by atoms with Crippen LogP contribution in [0, 0.1) is 0 Å². The summed E-state index contributed by atoms with van der Waals surface area (Å²) < 4.78 is 2.14. The molecule has 1 aromatic heterocycles. The van der Waals surface area contributed by atoms with Gasteiger partial charge in [0.15, 0.2) is 10.9 Å². The van der Waals surface area contributed by atoms with E-state index in [2.05, 4.69) is 21.5 Å². The number of thiazole rings is 1. The molecule has 0 spiro atoms. The van der Waals surface area contributed by atoms with Gasteiger partial charge in [0.05, 0.1) is 17.0 Å². The summed E-state index contributed by atoms with van der Waals surface area (Å²) in [5, 5.41) is 13.6. The van der Waals surface area contributed by atoms with Crippen molar-refractivity contribution in [2.45, 2.75) is 52.2 Å². The van der Waals surface area contributed by atoms with Crippen LogP contribution < -0.4 is 5.32 Å². The van der Waals surface area contributed by atoms with E-state index >= 15 is 0 Å². The summed E-state index contributed by atoms with van der Waals surface area (Å²) in [6, 6.07) is 0. The molecule has 0 aromatic carbocycles. The first-order chi connectivity index (χ1) is 10.4. The monoisotopic (exact) mass is 343 g/mol. The van der Waals surface area contributed by atoms with Crippen LogP contribution >= 0.6 is 23.3 Å². The van der Waals surface area contributed by atoms with Gasteiger partial charge >= 0.3 is 0 Å². The summed E-state index contributed by atoms with van der Waals surface area (Å²) in [7, 11) is 0. The first kappa shape index (κ1) is 17.7. The predicted octanol–water partition coefficient (Wildman–Crippen LogP) is 3.16. The number of aliphatic hydroxyl groups is 1. The molecule has 2 heterocycles. The molecule has 1 aliphatic heterocycles. The number of hydrogen-bond acceptors (Lipinski definition) is 7. The molecule has 1 aliphatic rings. The van der Waals surface area contributed by atoms with Crippen molar-refractivity contribution in [3.8, 4) is 0 Å². The largest absolute Gasteiger partial charge is 0.389 e. The Labute approximate surface area is 140 Å². The third-order valence-electron chi connectivity index (χ3n) is 3.30. The Hall–Kier alpha value is -0.630. The van der Waals surface area contributed by atoms with Crippen LogP contribution in [0.1, 0.15) is 55.4 Å². The number of ketones is 1. The van der Waals surface area contributed by atoms with Crippen LogP contribution in [0.25, 0.3) is 0 Å². The fraction of sp³-hybridized carbons (Fsp3) is 0.733. The van der Waals surface area contributed by atoms with Crippen molar-refractivity contribution in [2.75, 3.05) is 24.2 Å². The lowest BCUT2D eigenvalue weighted by Gasteiger charge is -2.23. The molecular weight excluding hydrogens is 318 g/mol. The summed E-state index contributed by atoms with van der Waals surface area (Å²) in [6.07, 6.45) is 3.65. The fourth-order valence-electron chi connectivity index (χ4n) is 2.13. The van der Waals surface area contributed by atoms with Crippen molar-refractivity contribution < 1.29 is 9.90 Å². The number of unbranched alkanes of at least 4 members (excludes halogenated alkanes) is 2. The van der Waals surface area contributed by atoms with E-state index < -0.39 is 5.60 Å². The first-order valence-corrected chi connectivity index (χ1v) is 9.52. The Balaban J connectivity index is 1.92. The normalized spacial score (nSPS) is 15.9. The minimum absolute atomic E-state index is 0.0943. The molecule has 0 amide bonds. The zero-order valence-electron chi connectivity index (χ0n) is 13.5. The van der Waals surface area contributed by atoms with Crippen LogP contribution in [-0.4, -0.2) is 44.6 Å². The van der Waals surface area contributed by atoms with E-state index in [-0.39, 0.29) is 5.78 Å². The van der Waals surface area contributed by atoms with Gasteiger partial charge < -0.3 is 10.4 Å². The molecule has 22 heavy (non-hydrogen) atoms. The Morgan fingerprint density at radius 2 is 2.18 bits per heavy atom. The number of hydrogen-bond donors (Lipinski definition) is 2. The predicted molar refractivity (Wildman–Crippen MR) is 93.6 cm³/mol. The van der Waals surface area contributed by atoms with Crippen molar-refractivity contribution >= 4 is 34.2 Å². The van der Waals surface area contributed by atoms with Crippen LogP contribution in [-0.2, 0) is 6.54 Å². The lowest BCUT2D eigenvalue weighted by molar-refractivity contribution is 0.0944. The lowest BCUT2D eigenvalue weighted by Crippen LogP contribution is -2.30. The van der Waals surface area contributed by atoms with Gasteiger partial charge in [-0.2, -0.15) is 0 Å². The second-order valence-electron chi connectivity index (χ2n) is 6.22. The van der Waals surface area contributed by atoms with E-state index in [1.165, 1.54) is 30.6 Å². The van der Waals surface area contributed by atoms with E-state index in [1.807, 2.05) is 0 Å². The molecule has 0 bridgehead atoms. The van der Waals surface area contributed by atoms with Crippen molar-refractivity contribution in [1.29, 1.82) is 0 Å². The summed E-state index contributed by atoms with van der Waals surface area (Å²) >= 11 is 3.28. The SMILES string of the molecule is CCCCCSN1CC(=O)c2nc(NCC(C)(C)O)sc2C1. The van der Waals surface area contributed by atoms with Gasteiger partial charge in [-0.25, -0.2) is 9.29 Å². The van der Waals surface area contributed by atoms with E-state index in [4.69, 9.17) is 0 Å². The van der Waals surface area contributed by atoms with E-state index in [1.54, 1.807) is 25.8 Å². The van der Waals surface area contributed by atoms with E-state index in [0.717, 1.165) is 22.3 Å². The van der Waals surface area contributed by atoms with Crippen LogP contribution in [0.4, 0.5) is 5.13 Å². The molecule has 0 saturated carbocycles. The van der Waals surface area contributed by atoms with Gasteiger partial charge in [0.1, 0.15) is 5.69 Å². The van der Waals surface area contributed by atoms with E-state index in [9.17, 15) is 9.90 Å². The molecule has 5 nitrogen and oxygen atoms in total. The highest BCUT2D eigenvalue weighted by molar-refractivity contribution is 7.97. The highest BCUT2D eigenvalue weighted by Gasteiger charge is 2.28. The summed E-state index contributed by atoms with van der Waals surface area (Å²) in [6.45, 7) is 7.32. The Morgan fingerprint density at radius 3 is 2.86 bits per heavy atom. The Bertz CT molecular complexity index is 511. The second kappa shape index (κ2) is 7.77. The molecule has 0 fully saturated rings. The molecule has 0 saturated heterocycles. The smallest absolute Gasteiger partial charge is 0.197 e. The number of nitrogens with one attached hydrogen (secondary N) is 1. The molecule has 0 unspecified atom stereocenters. The standard InChI is InChI=1S/C15H25N3O2S2/c1-4-5-6-7-21-18-8-11(19)13-12(9-18)22-14(17-13)16-10-15(2,3)20/h20H,4-10H2,1-3H3,(H,16,17). The van der Waals surface area contributed by atoms with Gasteiger partial charge in [-0.3, -0.25) is 4.79 Å². The van der Waals surface area contributed by atoms with Gasteiger partial charge in [-0.05, 0) is 20.3 Å². The Kier molecular flexibility index (Phi) is 6.26. The van der Waals surface area contributed by atoms with Crippen LogP contribution in [0.5, 0.6) is 0 Å². The fourth-order valence-corrected chi connectivity index (χ4v) is 4.23. The maximum absolute atomic E-state index is 12.2. The summed E-state index contributed by atoms with van der Waals surface area (Å²) in [4.78, 5) is 17.6. The number of carbonyl (C=O) groups excluding carboxylic acids is 1. The van der Waals surface area contributed by atoms with E-state index in [0.29, 0.717) is 18.8 Å². The number of aromatic nitrogens is 1. The molecular formula is C15H25N3O2S2. The topological polar surface area (TPSA) is 65.5 Å². The van der Waals surface area contributed by atoms with Crippen molar-refractivity contribution in [2.24, 2.45) is 0 Å². The van der Waals surface area contributed by atoms with Gasteiger partial charge in [-0.1, -0.05) is 43.1 Å². The third kappa shape index (κ3) is 5.22. The number of carbonyl (C=O) groups is 1. The van der Waals surface area contributed by atoms with Gasteiger partial charge in [0.25, 0.3) is 0 Å². The zero-order valence-corrected chi connectivity index (χ0v) is 15.1. The molecule has 1 aromatic rings. The molecule has 2 N–H and O–H groups in total. The Morgan fingerprint density at radius 1 is 1.41 bits per heavy atom. The number of Topliss-reactive ketones (excluding diaryl/α,β-unsaturated/α-hetero) is 1. The zero-order chi connectivity index (χ0) is 16.2. The van der Waals surface area contributed by atoms with Crippen molar-refractivity contribution in [1.82, 2.24) is 9.29 Å². The lowest BCUT2D eigenvalue weighted by atomic mass is 10.1. The highest BCUT2D eigenvalue weighted by atomic mass is 32.2. The minimum Gasteiger partial charge on any atom is -0.389 e. The third-order valence-corrected chi connectivity index (χ3v) is 5.39. The first-order valence-electron chi connectivity index (χ1n) is 7.76. The molecule has 0 atom stereocenters. The quantitative estimate of drug-likeness (QED) is 0.558. The van der Waals surface area contributed by atoms with Gasteiger partial charge in [0.2, 0.25) is 0 Å². The molecule has 7 heteroatoms. The van der Waals surface area contributed by atoms with Crippen LogP contribution in [0.15, 0.2) is 0 Å². The maximum atomic E-state index is 12.2. The van der Waals surface area contributed by atoms with Crippen molar-refractivity contribution in [3.63, 3.8) is 0 Å². The average molecular weight is 344 g/mol. The number of nitrogens with zero attached hydrogens (tertiary/aromatic N) is 2. The number of fused-ring (bicyclic) bond motifs is 1. The minimum atomic E-state index is -0.794. The summed E-state index contributed by atoms with van der Waals surface area (Å²) in [5.74, 6) is 1.16. The second-order valence-corrected chi connectivity index (χ2v) is 8.48. The van der Waals surface area contributed by atoms with Crippen LogP contribution in [0.3, 0.4) is 0 Å². The highest BCUT2D eigenvalue weighted by Crippen LogP contribution is 2.31. The van der Waals surface area contributed by atoms with Crippen molar-refractivity contribution in [3.05, 3.63) is 10.6 Å².